The molecular weight excluding hydrogens is 268 g/mol. The Bertz CT molecular complexity index is 596. The number of carbonyl (C=O) groups excluding carboxylic acids is 1. The highest BCUT2D eigenvalue weighted by Gasteiger charge is 2.71. The Hall–Kier alpha value is -1.40. The van der Waals surface area contributed by atoms with Crippen molar-refractivity contribution in [1.29, 1.82) is 0 Å². The molecule has 4 rings (SSSR count). The van der Waals surface area contributed by atoms with E-state index in [1.165, 1.54) is 0 Å². The van der Waals surface area contributed by atoms with Gasteiger partial charge in [-0.25, -0.2) is 4.98 Å². The number of hydrogen-bond donors (Lipinski definition) is 1. The molecule has 1 saturated carbocycles. The van der Waals surface area contributed by atoms with E-state index in [0.717, 1.165) is 25.4 Å². The first-order chi connectivity index (χ1) is 9.96. The number of ether oxygens (including phenoxy) is 1. The summed E-state index contributed by atoms with van der Waals surface area (Å²) in [5.74, 6) is 1.16. The van der Waals surface area contributed by atoms with Crippen LogP contribution in [-0.4, -0.2) is 45.2 Å². The summed E-state index contributed by atoms with van der Waals surface area (Å²) in [6.07, 6.45) is 4.76. The van der Waals surface area contributed by atoms with Gasteiger partial charge in [-0.15, -0.1) is 0 Å². The van der Waals surface area contributed by atoms with Crippen molar-refractivity contribution in [2.45, 2.75) is 45.0 Å². The summed E-state index contributed by atoms with van der Waals surface area (Å²) in [5.41, 5.74) is 5.53. The van der Waals surface area contributed by atoms with Crippen LogP contribution in [0.5, 0.6) is 0 Å². The molecule has 0 spiro atoms. The van der Waals surface area contributed by atoms with Crippen LogP contribution < -0.4 is 5.73 Å². The average molecular weight is 290 g/mol. The van der Waals surface area contributed by atoms with Gasteiger partial charge in [-0.2, -0.15) is 0 Å². The second-order valence-corrected chi connectivity index (χ2v) is 7.04. The second-order valence-electron chi connectivity index (χ2n) is 7.04. The SMILES string of the molecule is CC1(C)C2OCCC2C1(N)C(=O)N1CCn2ccnc2C1. The zero-order valence-corrected chi connectivity index (χ0v) is 12.6. The summed E-state index contributed by atoms with van der Waals surface area (Å²) in [7, 11) is 0. The van der Waals surface area contributed by atoms with Crippen molar-refractivity contribution in [3.63, 3.8) is 0 Å². The van der Waals surface area contributed by atoms with Gasteiger partial charge >= 0.3 is 0 Å². The number of nitrogens with zero attached hydrogens (tertiary/aromatic N) is 3. The van der Waals surface area contributed by atoms with Gasteiger partial charge < -0.3 is 19.9 Å². The van der Waals surface area contributed by atoms with Gasteiger partial charge in [0.2, 0.25) is 5.91 Å². The zero-order chi connectivity index (χ0) is 14.8. The molecule has 3 atom stereocenters. The van der Waals surface area contributed by atoms with E-state index in [1.807, 2.05) is 11.1 Å². The first-order valence-electron chi connectivity index (χ1n) is 7.66. The van der Waals surface area contributed by atoms with Crippen LogP contribution in [-0.2, 0) is 22.6 Å². The summed E-state index contributed by atoms with van der Waals surface area (Å²) in [5, 5.41) is 0. The fourth-order valence-electron chi connectivity index (χ4n) is 4.43. The van der Waals surface area contributed by atoms with Gasteiger partial charge in [-0.1, -0.05) is 13.8 Å². The fourth-order valence-corrected chi connectivity index (χ4v) is 4.43. The van der Waals surface area contributed by atoms with Gasteiger partial charge in [0, 0.05) is 43.4 Å². The Morgan fingerprint density at radius 2 is 2.29 bits per heavy atom. The average Bonchev–Trinajstić information content (AvgIpc) is 3.12. The maximum Gasteiger partial charge on any atom is 0.244 e. The van der Waals surface area contributed by atoms with E-state index in [-0.39, 0.29) is 23.3 Å². The summed E-state index contributed by atoms with van der Waals surface area (Å²) < 4.78 is 7.87. The molecule has 0 radical (unpaired) electrons. The van der Waals surface area contributed by atoms with Gasteiger partial charge in [0.25, 0.3) is 0 Å². The minimum Gasteiger partial charge on any atom is -0.377 e. The molecule has 3 aliphatic rings. The minimum atomic E-state index is -0.803. The van der Waals surface area contributed by atoms with Gasteiger partial charge in [-0.05, 0) is 6.42 Å². The highest BCUT2D eigenvalue weighted by molar-refractivity contribution is 5.89. The quantitative estimate of drug-likeness (QED) is 0.811. The Morgan fingerprint density at radius 3 is 3.10 bits per heavy atom. The van der Waals surface area contributed by atoms with E-state index in [1.54, 1.807) is 6.20 Å². The van der Waals surface area contributed by atoms with E-state index in [9.17, 15) is 4.79 Å². The number of aromatic nitrogens is 2. The molecule has 1 aromatic rings. The first kappa shape index (κ1) is 13.3. The lowest BCUT2D eigenvalue weighted by Crippen LogP contribution is -2.80. The molecule has 1 amide bonds. The Kier molecular flexibility index (Phi) is 2.58. The largest absolute Gasteiger partial charge is 0.377 e. The fraction of sp³-hybridized carbons (Fsp3) is 0.733. The number of amides is 1. The predicted octanol–water partition coefficient (Wildman–Crippen LogP) is 0.368. The van der Waals surface area contributed by atoms with Crippen LogP contribution in [0.25, 0.3) is 0 Å². The third kappa shape index (κ3) is 1.49. The van der Waals surface area contributed by atoms with Crippen molar-refractivity contribution in [3.8, 4) is 0 Å². The van der Waals surface area contributed by atoms with Crippen molar-refractivity contribution in [3.05, 3.63) is 18.2 Å². The Morgan fingerprint density at radius 1 is 1.48 bits per heavy atom. The van der Waals surface area contributed by atoms with Crippen LogP contribution in [0.2, 0.25) is 0 Å². The molecule has 3 heterocycles. The molecule has 2 aliphatic heterocycles. The predicted molar refractivity (Wildman–Crippen MR) is 76.2 cm³/mol. The summed E-state index contributed by atoms with van der Waals surface area (Å²) in [6.45, 7) is 6.89. The molecule has 1 saturated heterocycles. The number of carbonyl (C=O) groups is 1. The molecule has 6 heteroatoms. The number of fused-ring (bicyclic) bond motifs is 2. The van der Waals surface area contributed by atoms with E-state index in [0.29, 0.717) is 13.1 Å². The maximum absolute atomic E-state index is 13.1. The van der Waals surface area contributed by atoms with Crippen molar-refractivity contribution in [1.82, 2.24) is 14.5 Å². The van der Waals surface area contributed by atoms with Crippen molar-refractivity contribution in [2.24, 2.45) is 17.1 Å². The van der Waals surface area contributed by atoms with Crippen molar-refractivity contribution >= 4 is 5.91 Å². The molecule has 21 heavy (non-hydrogen) atoms. The maximum atomic E-state index is 13.1. The molecule has 3 unspecified atom stereocenters. The van der Waals surface area contributed by atoms with Crippen LogP contribution in [0.15, 0.2) is 12.4 Å². The van der Waals surface area contributed by atoms with Crippen LogP contribution >= 0.6 is 0 Å². The number of imidazole rings is 1. The second kappa shape index (κ2) is 4.08. The van der Waals surface area contributed by atoms with Crippen LogP contribution in [0, 0.1) is 11.3 Å². The highest BCUT2D eigenvalue weighted by atomic mass is 16.5. The first-order valence-corrected chi connectivity index (χ1v) is 7.66. The topological polar surface area (TPSA) is 73.4 Å². The van der Waals surface area contributed by atoms with E-state index in [4.69, 9.17) is 10.5 Å². The van der Waals surface area contributed by atoms with Crippen molar-refractivity contribution in [2.75, 3.05) is 13.2 Å². The molecule has 1 aliphatic carbocycles. The smallest absolute Gasteiger partial charge is 0.244 e. The lowest BCUT2D eigenvalue weighted by Gasteiger charge is -2.61. The summed E-state index contributed by atoms with van der Waals surface area (Å²) >= 11 is 0. The number of hydrogen-bond acceptors (Lipinski definition) is 4. The molecule has 0 bridgehead atoms. The van der Waals surface area contributed by atoms with Gasteiger partial charge in [-0.3, -0.25) is 4.79 Å². The molecule has 114 valence electrons. The van der Waals surface area contributed by atoms with Crippen LogP contribution in [0.1, 0.15) is 26.1 Å². The number of rotatable bonds is 1. The molecular formula is C15H22N4O2. The molecule has 1 aromatic heterocycles. The third-order valence-corrected chi connectivity index (χ3v) is 5.84. The van der Waals surface area contributed by atoms with E-state index >= 15 is 0 Å². The Labute approximate surface area is 124 Å². The molecule has 2 fully saturated rings. The lowest BCUT2D eigenvalue weighted by atomic mass is 9.47. The van der Waals surface area contributed by atoms with Crippen LogP contribution in [0.4, 0.5) is 0 Å². The third-order valence-electron chi connectivity index (χ3n) is 5.84. The monoisotopic (exact) mass is 290 g/mol. The highest BCUT2D eigenvalue weighted by Crippen LogP contribution is 2.58. The standard InChI is InChI=1S/C15H22N4O2/c1-14(2)12-10(3-8-21-12)15(14,16)13(20)19-7-6-18-5-4-17-11(18)9-19/h4-5,10,12H,3,6-9,16H2,1-2H3. The van der Waals surface area contributed by atoms with Crippen LogP contribution in [0.3, 0.4) is 0 Å². The van der Waals surface area contributed by atoms with Gasteiger partial charge in [0.15, 0.2) is 0 Å². The van der Waals surface area contributed by atoms with Gasteiger partial charge in [0.05, 0.1) is 12.6 Å². The van der Waals surface area contributed by atoms with Crippen molar-refractivity contribution < 1.29 is 9.53 Å². The minimum absolute atomic E-state index is 0.0634. The molecule has 6 nitrogen and oxygen atoms in total. The summed E-state index contributed by atoms with van der Waals surface area (Å²) in [6, 6.07) is 0. The van der Waals surface area contributed by atoms with E-state index < -0.39 is 5.54 Å². The summed E-state index contributed by atoms with van der Waals surface area (Å²) in [4.78, 5) is 19.3. The molecule has 2 N–H and O–H groups in total. The normalized spacial score (nSPS) is 36.8. The number of nitrogens with two attached hydrogens (primary N) is 1. The van der Waals surface area contributed by atoms with E-state index in [2.05, 4.69) is 23.4 Å². The lowest BCUT2D eigenvalue weighted by molar-refractivity contribution is -0.185. The Balaban J connectivity index is 1.61. The van der Waals surface area contributed by atoms with Gasteiger partial charge in [0.1, 0.15) is 11.4 Å². The zero-order valence-electron chi connectivity index (χ0n) is 12.6. The molecule has 0 aromatic carbocycles.